The topological polar surface area (TPSA) is 70.8 Å². The van der Waals surface area contributed by atoms with Crippen molar-refractivity contribution in [2.45, 2.75) is 19.1 Å². The molecule has 0 aliphatic heterocycles. The molecule has 0 fully saturated rings. The number of primary amides is 1. The molecule has 100 valence electrons. The summed E-state index contributed by atoms with van der Waals surface area (Å²) in [7, 11) is 1.50. The SMILES string of the molecule is COCO[C@@H](c1ccccc1Cl)[C@H](C)OC(N)=O. The smallest absolute Gasteiger partial charge is 0.404 e. The van der Waals surface area contributed by atoms with Crippen LogP contribution in [-0.4, -0.2) is 26.1 Å². The van der Waals surface area contributed by atoms with Crippen molar-refractivity contribution < 1.29 is 19.0 Å². The lowest BCUT2D eigenvalue weighted by Gasteiger charge is -2.24. The molecule has 0 saturated heterocycles. The molecule has 1 aromatic carbocycles. The first-order valence-corrected chi connectivity index (χ1v) is 5.75. The van der Waals surface area contributed by atoms with E-state index in [1.54, 1.807) is 25.1 Å². The zero-order valence-electron chi connectivity index (χ0n) is 10.3. The standard InChI is InChI=1S/C12H16ClNO4/c1-8(18-12(14)15)11(17-7-16-2)9-5-3-4-6-10(9)13/h3-6,8,11H,7H2,1-2H3,(H2,14,15)/t8-,11+/m0/s1. The van der Waals surface area contributed by atoms with Crippen LogP contribution < -0.4 is 5.73 Å². The molecule has 1 rings (SSSR count). The molecule has 6 heteroatoms. The Bertz CT molecular complexity index is 399. The van der Waals surface area contributed by atoms with Crippen LogP contribution >= 0.6 is 11.6 Å². The van der Waals surface area contributed by atoms with E-state index in [1.807, 2.05) is 6.07 Å². The van der Waals surface area contributed by atoms with Gasteiger partial charge in [0.25, 0.3) is 0 Å². The van der Waals surface area contributed by atoms with Crippen molar-refractivity contribution in [1.29, 1.82) is 0 Å². The van der Waals surface area contributed by atoms with Gasteiger partial charge in [-0.2, -0.15) is 0 Å². The van der Waals surface area contributed by atoms with E-state index in [1.165, 1.54) is 7.11 Å². The number of ether oxygens (including phenoxy) is 3. The van der Waals surface area contributed by atoms with Gasteiger partial charge < -0.3 is 19.9 Å². The lowest BCUT2D eigenvalue weighted by Crippen LogP contribution is -2.28. The first kappa shape index (κ1) is 14.8. The molecule has 0 heterocycles. The van der Waals surface area contributed by atoms with Crippen LogP contribution in [-0.2, 0) is 14.2 Å². The maximum absolute atomic E-state index is 10.8. The van der Waals surface area contributed by atoms with Crippen LogP contribution in [0.3, 0.4) is 0 Å². The van der Waals surface area contributed by atoms with E-state index in [-0.39, 0.29) is 6.79 Å². The summed E-state index contributed by atoms with van der Waals surface area (Å²) in [6.07, 6.45) is -1.97. The quantitative estimate of drug-likeness (QED) is 0.809. The molecular formula is C12H16ClNO4. The van der Waals surface area contributed by atoms with Crippen molar-refractivity contribution in [3.05, 3.63) is 34.9 Å². The first-order chi connectivity index (χ1) is 8.56. The number of hydrogen-bond donors (Lipinski definition) is 1. The van der Waals surface area contributed by atoms with Crippen molar-refractivity contribution in [1.82, 2.24) is 0 Å². The summed E-state index contributed by atoms with van der Waals surface area (Å²) in [5.74, 6) is 0. The molecule has 0 saturated carbocycles. The van der Waals surface area contributed by atoms with Gasteiger partial charge in [-0.15, -0.1) is 0 Å². The molecule has 0 radical (unpaired) electrons. The van der Waals surface area contributed by atoms with Crippen molar-refractivity contribution in [3.8, 4) is 0 Å². The number of halogens is 1. The summed E-state index contributed by atoms with van der Waals surface area (Å²) in [5.41, 5.74) is 5.71. The van der Waals surface area contributed by atoms with Crippen LogP contribution in [0.15, 0.2) is 24.3 Å². The molecular weight excluding hydrogens is 258 g/mol. The summed E-state index contributed by atoms with van der Waals surface area (Å²) >= 11 is 6.09. The summed E-state index contributed by atoms with van der Waals surface area (Å²) in [6.45, 7) is 1.73. The Morgan fingerprint density at radius 3 is 2.67 bits per heavy atom. The Morgan fingerprint density at radius 2 is 2.11 bits per heavy atom. The molecule has 0 aliphatic carbocycles. The lowest BCUT2D eigenvalue weighted by molar-refractivity contribution is -0.111. The molecule has 1 aromatic rings. The highest BCUT2D eigenvalue weighted by atomic mass is 35.5. The van der Waals surface area contributed by atoms with Crippen LogP contribution in [0, 0.1) is 0 Å². The molecule has 0 unspecified atom stereocenters. The number of carbonyl (C=O) groups is 1. The van der Waals surface area contributed by atoms with Crippen LogP contribution in [0.5, 0.6) is 0 Å². The Morgan fingerprint density at radius 1 is 1.44 bits per heavy atom. The molecule has 2 N–H and O–H groups in total. The van der Waals surface area contributed by atoms with Crippen molar-refractivity contribution in [2.75, 3.05) is 13.9 Å². The van der Waals surface area contributed by atoms with E-state index >= 15 is 0 Å². The van der Waals surface area contributed by atoms with E-state index in [4.69, 9.17) is 31.5 Å². The minimum absolute atomic E-state index is 0.0579. The molecule has 0 aliphatic rings. The fourth-order valence-corrected chi connectivity index (χ4v) is 1.81. The second kappa shape index (κ2) is 7.20. The van der Waals surface area contributed by atoms with E-state index < -0.39 is 18.3 Å². The maximum Gasteiger partial charge on any atom is 0.404 e. The van der Waals surface area contributed by atoms with Crippen LogP contribution in [0.1, 0.15) is 18.6 Å². The summed E-state index contributed by atoms with van der Waals surface area (Å²) in [5, 5.41) is 0.526. The van der Waals surface area contributed by atoms with E-state index in [2.05, 4.69) is 0 Å². The van der Waals surface area contributed by atoms with Gasteiger partial charge in [0.05, 0.1) is 0 Å². The number of hydrogen-bond acceptors (Lipinski definition) is 4. The Labute approximate surface area is 111 Å². The third-order valence-electron chi connectivity index (χ3n) is 2.31. The molecule has 1 amide bonds. The number of amides is 1. The normalized spacial score (nSPS) is 13.9. The first-order valence-electron chi connectivity index (χ1n) is 5.37. The average Bonchev–Trinajstić information content (AvgIpc) is 2.31. The minimum atomic E-state index is -0.861. The monoisotopic (exact) mass is 273 g/mol. The van der Waals surface area contributed by atoms with Gasteiger partial charge in [-0.3, -0.25) is 0 Å². The zero-order chi connectivity index (χ0) is 13.5. The van der Waals surface area contributed by atoms with Crippen molar-refractivity contribution in [3.63, 3.8) is 0 Å². The molecule has 0 spiro atoms. The predicted molar refractivity (Wildman–Crippen MR) is 67.3 cm³/mol. The Kier molecular flexibility index (Phi) is 5.91. The molecule has 0 bridgehead atoms. The Balaban J connectivity index is 2.90. The third kappa shape index (κ3) is 4.18. The van der Waals surface area contributed by atoms with Crippen molar-refractivity contribution >= 4 is 17.7 Å². The van der Waals surface area contributed by atoms with Gasteiger partial charge in [-0.1, -0.05) is 29.8 Å². The van der Waals surface area contributed by atoms with Crippen LogP contribution in [0.25, 0.3) is 0 Å². The van der Waals surface area contributed by atoms with E-state index in [9.17, 15) is 4.79 Å². The van der Waals surface area contributed by atoms with Gasteiger partial charge in [0, 0.05) is 17.7 Å². The summed E-state index contributed by atoms with van der Waals surface area (Å²) in [6, 6.07) is 7.15. The zero-order valence-corrected chi connectivity index (χ0v) is 11.0. The molecule has 2 atom stereocenters. The number of carbonyl (C=O) groups excluding carboxylic acids is 1. The molecule has 18 heavy (non-hydrogen) atoms. The van der Waals surface area contributed by atoms with Crippen LogP contribution in [0.2, 0.25) is 5.02 Å². The van der Waals surface area contributed by atoms with Crippen molar-refractivity contribution in [2.24, 2.45) is 5.73 Å². The number of rotatable bonds is 6. The highest BCUT2D eigenvalue weighted by Gasteiger charge is 2.24. The minimum Gasteiger partial charge on any atom is -0.444 e. The number of benzene rings is 1. The van der Waals surface area contributed by atoms with Gasteiger partial charge in [-0.25, -0.2) is 4.79 Å². The fraction of sp³-hybridized carbons (Fsp3) is 0.417. The lowest BCUT2D eigenvalue weighted by atomic mass is 10.1. The van der Waals surface area contributed by atoms with Gasteiger partial charge in [0.15, 0.2) is 0 Å². The average molecular weight is 274 g/mol. The maximum atomic E-state index is 10.8. The van der Waals surface area contributed by atoms with Gasteiger partial charge >= 0.3 is 6.09 Å². The summed E-state index contributed by atoms with van der Waals surface area (Å²) < 4.78 is 15.3. The van der Waals surface area contributed by atoms with E-state index in [0.29, 0.717) is 10.6 Å². The van der Waals surface area contributed by atoms with Gasteiger partial charge in [-0.05, 0) is 13.0 Å². The fourth-order valence-electron chi connectivity index (χ4n) is 1.57. The Hall–Kier alpha value is -1.30. The van der Waals surface area contributed by atoms with Crippen LogP contribution in [0.4, 0.5) is 4.79 Å². The van der Waals surface area contributed by atoms with Gasteiger partial charge in [0.2, 0.25) is 0 Å². The predicted octanol–water partition coefficient (Wildman–Crippen LogP) is 2.49. The second-order valence-corrected chi connectivity index (χ2v) is 4.06. The number of methoxy groups -OCH3 is 1. The molecule has 0 aromatic heterocycles. The third-order valence-corrected chi connectivity index (χ3v) is 2.65. The number of nitrogens with two attached hydrogens (primary N) is 1. The molecule has 5 nitrogen and oxygen atoms in total. The highest BCUT2D eigenvalue weighted by molar-refractivity contribution is 6.31. The highest BCUT2D eigenvalue weighted by Crippen LogP contribution is 2.29. The summed E-state index contributed by atoms with van der Waals surface area (Å²) in [4.78, 5) is 10.8. The van der Waals surface area contributed by atoms with E-state index in [0.717, 1.165) is 0 Å². The van der Waals surface area contributed by atoms with Gasteiger partial charge in [0.1, 0.15) is 19.0 Å². The second-order valence-electron chi connectivity index (χ2n) is 3.66. The largest absolute Gasteiger partial charge is 0.444 e.